The lowest BCUT2D eigenvalue weighted by Crippen LogP contribution is -2.37. The van der Waals surface area contributed by atoms with Crippen LogP contribution in [0, 0.1) is 5.82 Å². The van der Waals surface area contributed by atoms with Gasteiger partial charge in [0, 0.05) is 20.6 Å². The molecule has 0 spiro atoms. The molecule has 4 rings (SSSR count). The number of nitrogens with zero attached hydrogens (tertiary/aromatic N) is 4. The molecular weight excluding hydrogens is 385 g/mol. The summed E-state index contributed by atoms with van der Waals surface area (Å²) in [6.45, 7) is 0.974. The fourth-order valence-corrected chi connectivity index (χ4v) is 3.47. The lowest BCUT2D eigenvalue weighted by Gasteiger charge is -2.11. The van der Waals surface area contributed by atoms with E-state index in [9.17, 15) is 14.0 Å². The molecule has 0 bridgehead atoms. The molecule has 0 aliphatic carbocycles. The van der Waals surface area contributed by atoms with Crippen molar-refractivity contribution in [3.63, 3.8) is 0 Å². The van der Waals surface area contributed by atoms with E-state index in [4.69, 9.17) is 0 Å². The van der Waals surface area contributed by atoms with Gasteiger partial charge in [0.15, 0.2) is 11.2 Å². The number of nitrogens with one attached hydrogen (secondary N) is 1. The molecule has 1 N–H and O–H groups in total. The Morgan fingerprint density at radius 3 is 2.33 bits per heavy atom. The van der Waals surface area contributed by atoms with Crippen molar-refractivity contribution < 1.29 is 4.39 Å². The lowest BCUT2D eigenvalue weighted by molar-refractivity contribution is 0.627. The minimum absolute atomic E-state index is 0.270. The van der Waals surface area contributed by atoms with E-state index in [1.165, 1.54) is 23.7 Å². The highest BCUT2D eigenvalue weighted by atomic mass is 19.1. The normalized spacial score (nSPS) is 11.2. The molecule has 0 unspecified atom stereocenters. The number of hydrogen-bond donors (Lipinski definition) is 1. The van der Waals surface area contributed by atoms with Crippen molar-refractivity contribution in [2.24, 2.45) is 14.1 Å². The third kappa shape index (κ3) is 3.63. The van der Waals surface area contributed by atoms with Crippen LogP contribution in [-0.2, 0) is 27.1 Å². The van der Waals surface area contributed by atoms with E-state index in [1.807, 2.05) is 30.3 Å². The zero-order valence-electron chi connectivity index (χ0n) is 16.8. The summed E-state index contributed by atoms with van der Waals surface area (Å²) in [5.41, 5.74) is 1.89. The third-order valence-corrected chi connectivity index (χ3v) is 5.14. The molecule has 154 valence electrons. The van der Waals surface area contributed by atoms with Crippen molar-refractivity contribution in [1.29, 1.82) is 0 Å². The third-order valence-electron chi connectivity index (χ3n) is 5.14. The molecule has 0 saturated carbocycles. The van der Waals surface area contributed by atoms with Gasteiger partial charge in [0.25, 0.3) is 5.56 Å². The Morgan fingerprint density at radius 2 is 1.63 bits per heavy atom. The van der Waals surface area contributed by atoms with E-state index in [0.29, 0.717) is 36.6 Å². The number of hydrogen-bond acceptors (Lipinski definition) is 4. The molecule has 7 nitrogen and oxygen atoms in total. The van der Waals surface area contributed by atoms with Crippen molar-refractivity contribution in [2.45, 2.75) is 13.0 Å². The summed E-state index contributed by atoms with van der Waals surface area (Å²) < 4.78 is 17.4. The Morgan fingerprint density at radius 1 is 0.933 bits per heavy atom. The average Bonchev–Trinajstić information content (AvgIpc) is 3.11. The first kappa shape index (κ1) is 19.6. The number of rotatable bonds is 6. The predicted molar refractivity (Wildman–Crippen MR) is 114 cm³/mol. The van der Waals surface area contributed by atoms with Gasteiger partial charge in [-0.15, -0.1) is 0 Å². The summed E-state index contributed by atoms with van der Waals surface area (Å²) in [6, 6.07) is 16.1. The number of anilines is 1. The molecule has 8 heteroatoms. The van der Waals surface area contributed by atoms with Crippen LogP contribution in [0.3, 0.4) is 0 Å². The van der Waals surface area contributed by atoms with Crippen molar-refractivity contribution in [1.82, 2.24) is 18.7 Å². The van der Waals surface area contributed by atoms with Crippen molar-refractivity contribution in [3.8, 4) is 0 Å². The molecule has 0 aliphatic rings. The van der Waals surface area contributed by atoms with Gasteiger partial charge < -0.3 is 5.32 Å². The molecule has 2 aromatic heterocycles. The van der Waals surface area contributed by atoms with E-state index < -0.39 is 5.69 Å². The average molecular weight is 407 g/mol. The molecule has 0 amide bonds. The van der Waals surface area contributed by atoms with Crippen LogP contribution in [0.15, 0.2) is 64.2 Å². The molecule has 4 aromatic rings. The Balaban J connectivity index is 1.73. The van der Waals surface area contributed by atoms with Gasteiger partial charge in [-0.2, -0.15) is 4.98 Å². The minimum atomic E-state index is -0.422. The summed E-state index contributed by atoms with van der Waals surface area (Å²) in [7, 11) is 3.07. The molecule has 2 heterocycles. The maximum Gasteiger partial charge on any atom is 0.332 e. The fraction of sp³-hybridized carbons (Fsp3) is 0.227. The SMILES string of the molecule is Cn1c(=O)c2c(nc(NCCc3ccc(F)cc3)n2Cc2ccccc2)n(C)c1=O. The smallest absolute Gasteiger partial charge is 0.332 e. The van der Waals surface area contributed by atoms with Crippen LogP contribution < -0.4 is 16.6 Å². The van der Waals surface area contributed by atoms with Gasteiger partial charge >= 0.3 is 5.69 Å². The summed E-state index contributed by atoms with van der Waals surface area (Å²) >= 11 is 0. The molecule has 0 radical (unpaired) electrons. The molecule has 0 atom stereocenters. The Labute approximate surface area is 172 Å². The van der Waals surface area contributed by atoms with Crippen LogP contribution in [0.25, 0.3) is 11.2 Å². The van der Waals surface area contributed by atoms with Gasteiger partial charge in [0.1, 0.15) is 5.82 Å². The van der Waals surface area contributed by atoms with Crippen LogP contribution in [0.1, 0.15) is 11.1 Å². The summed E-state index contributed by atoms with van der Waals surface area (Å²) in [5.74, 6) is 0.238. The van der Waals surface area contributed by atoms with Crippen LogP contribution >= 0.6 is 0 Å². The second kappa shape index (κ2) is 7.98. The number of halogens is 1. The van der Waals surface area contributed by atoms with Crippen molar-refractivity contribution >= 4 is 17.1 Å². The number of imidazole rings is 1. The summed E-state index contributed by atoms with van der Waals surface area (Å²) in [4.78, 5) is 29.8. The van der Waals surface area contributed by atoms with Gasteiger partial charge in [0.2, 0.25) is 5.95 Å². The summed E-state index contributed by atoms with van der Waals surface area (Å²) in [5, 5.41) is 3.27. The highest BCUT2D eigenvalue weighted by Crippen LogP contribution is 2.18. The lowest BCUT2D eigenvalue weighted by atomic mass is 10.1. The summed E-state index contributed by atoms with van der Waals surface area (Å²) in [6.07, 6.45) is 0.658. The number of aromatic nitrogens is 4. The predicted octanol–water partition coefficient (Wildman–Crippen LogP) is 2.28. The Bertz CT molecular complexity index is 1300. The largest absolute Gasteiger partial charge is 0.355 e. The fourth-order valence-electron chi connectivity index (χ4n) is 3.47. The van der Waals surface area contributed by atoms with Crippen LogP contribution in [-0.4, -0.2) is 25.2 Å². The second-order valence-corrected chi connectivity index (χ2v) is 7.19. The highest BCUT2D eigenvalue weighted by Gasteiger charge is 2.19. The standard InChI is InChI=1S/C22H22FN5O2/c1-26-19-18(20(29)27(2)22(26)30)28(14-16-6-4-3-5-7-16)21(25-19)24-13-12-15-8-10-17(23)11-9-15/h3-11H,12-14H2,1-2H3,(H,24,25). The Hall–Kier alpha value is -3.68. The van der Waals surface area contributed by atoms with Gasteiger partial charge in [-0.05, 0) is 29.7 Å². The molecule has 0 saturated heterocycles. The van der Waals surface area contributed by atoms with Gasteiger partial charge in [-0.3, -0.25) is 18.5 Å². The molecule has 30 heavy (non-hydrogen) atoms. The van der Waals surface area contributed by atoms with Crippen molar-refractivity contribution in [3.05, 3.63) is 92.4 Å². The number of benzene rings is 2. The van der Waals surface area contributed by atoms with E-state index in [1.54, 1.807) is 23.7 Å². The van der Waals surface area contributed by atoms with E-state index >= 15 is 0 Å². The monoisotopic (exact) mass is 407 g/mol. The molecular formula is C22H22FN5O2. The Kier molecular flexibility index (Phi) is 5.22. The number of fused-ring (bicyclic) bond motifs is 1. The molecule has 2 aromatic carbocycles. The van der Waals surface area contributed by atoms with Crippen LogP contribution in [0.5, 0.6) is 0 Å². The molecule has 0 fully saturated rings. The van der Waals surface area contributed by atoms with E-state index in [2.05, 4.69) is 10.3 Å². The maximum absolute atomic E-state index is 13.1. The zero-order valence-corrected chi connectivity index (χ0v) is 16.8. The minimum Gasteiger partial charge on any atom is -0.355 e. The zero-order chi connectivity index (χ0) is 21.3. The van der Waals surface area contributed by atoms with Gasteiger partial charge in [-0.25, -0.2) is 9.18 Å². The first-order valence-corrected chi connectivity index (χ1v) is 9.64. The number of aryl methyl sites for hydroxylation is 1. The van der Waals surface area contributed by atoms with Crippen LogP contribution in [0.4, 0.5) is 10.3 Å². The van der Waals surface area contributed by atoms with Crippen LogP contribution in [0.2, 0.25) is 0 Å². The van der Waals surface area contributed by atoms with Gasteiger partial charge in [-0.1, -0.05) is 42.5 Å². The highest BCUT2D eigenvalue weighted by molar-refractivity contribution is 5.74. The van der Waals surface area contributed by atoms with E-state index in [0.717, 1.165) is 15.7 Å². The second-order valence-electron chi connectivity index (χ2n) is 7.19. The quantitative estimate of drug-likeness (QED) is 0.532. The molecule has 0 aliphatic heterocycles. The maximum atomic E-state index is 13.1. The van der Waals surface area contributed by atoms with Gasteiger partial charge in [0.05, 0.1) is 6.54 Å². The van der Waals surface area contributed by atoms with E-state index in [-0.39, 0.29) is 11.4 Å². The first-order chi connectivity index (χ1) is 14.5. The first-order valence-electron chi connectivity index (χ1n) is 9.64. The van der Waals surface area contributed by atoms with Crippen molar-refractivity contribution in [2.75, 3.05) is 11.9 Å². The topological polar surface area (TPSA) is 73.8 Å².